The number of guanidine groups is 1. The van der Waals surface area contributed by atoms with E-state index in [9.17, 15) is 4.79 Å². The second-order valence-corrected chi connectivity index (χ2v) is 7.45. The number of hydrogen-bond acceptors (Lipinski definition) is 3. The summed E-state index contributed by atoms with van der Waals surface area (Å²) in [6.07, 6.45) is 1.92. The van der Waals surface area contributed by atoms with Gasteiger partial charge < -0.3 is 20.3 Å². The Bertz CT molecular complexity index is 404. The number of carbonyl (C=O) groups is 1. The lowest BCUT2D eigenvalue weighted by Crippen LogP contribution is -2.45. The van der Waals surface area contributed by atoms with Crippen molar-refractivity contribution in [3.8, 4) is 0 Å². The van der Waals surface area contributed by atoms with Gasteiger partial charge in [0.1, 0.15) is 5.60 Å². The molecule has 142 valence electrons. The van der Waals surface area contributed by atoms with Crippen LogP contribution in [-0.2, 0) is 4.74 Å². The molecule has 0 aromatic rings. The largest absolute Gasteiger partial charge is 0.444 e. The predicted octanol–water partition coefficient (Wildman–Crippen LogP) is 3.22. The van der Waals surface area contributed by atoms with Gasteiger partial charge in [0.2, 0.25) is 0 Å². The maximum absolute atomic E-state index is 12.3. The van der Waals surface area contributed by atoms with Crippen LogP contribution in [0.5, 0.6) is 0 Å². The number of rotatable bonds is 7. The Labute approximate surface area is 164 Å². The average Bonchev–Trinajstić information content (AvgIpc) is 3.22. The number of carbonyl (C=O) groups excluding carboxylic acids is 1. The average molecular weight is 454 g/mol. The number of amides is 1. The van der Waals surface area contributed by atoms with Gasteiger partial charge in [0, 0.05) is 32.2 Å². The summed E-state index contributed by atoms with van der Waals surface area (Å²) in [5.74, 6) is 1.33. The first kappa shape index (κ1) is 23.3. The van der Waals surface area contributed by atoms with E-state index in [1.807, 2.05) is 32.6 Å². The zero-order chi connectivity index (χ0) is 17.5. The summed E-state index contributed by atoms with van der Waals surface area (Å²) in [6, 6.07) is 0.335. The highest BCUT2D eigenvalue weighted by molar-refractivity contribution is 14.0. The summed E-state index contributed by atoms with van der Waals surface area (Å²) in [5, 5.41) is 6.52. The van der Waals surface area contributed by atoms with E-state index >= 15 is 0 Å². The Morgan fingerprint density at radius 3 is 2.38 bits per heavy atom. The Hall–Kier alpha value is -0.730. The molecule has 0 spiro atoms. The Morgan fingerprint density at radius 1 is 1.29 bits per heavy atom. The first-order chi connectivity index (χ1) is 10.7. The second-order valence-electron chi connectivity index (χ2n) is 7.45. The first-order valence-electron chi connectivity index (χ1n) is 8.74. The van der Waals surface area contributed by atoms with Crippen molar-refractivity contribution in [2.45, 2.75) is 66.0 Å². The van der Waals surface area contributed by atoms with Crippen molar-refractivity contribution < 1.29 is 9.53 Å². The molecule has 1 rings (SSSR count). The molecule has 2 N–H and O–H groups in total. The van der Waals surface area contributed by atoms with Crippen LogP contribution >= 0.6 is 24.0 Å². The van der Waals surface area contributed by atoms with Crippen molar-refractivity contribution in [1.29, 1.82) is 0 Å². The fourth-order valence-electron chi connectivity index (χ4n) is 2.04. The van der Waals surface area contributed by atoms with Gasteiger partial charge in [0.25, 0.3) is 0 Å². The molecule has 0 aliphatic heterocycles. The van der Waals surface area contributed by atoms with Crippen LogP contribution in [0, 0.1) is 5.92 Å². The summed E-state index contributed by atoms with van der Waals surface area (Å²) in [6.45, 7) is 14.9. The maximum atomic E-state index is 12.3. The third kappa shape index (κ3) is 10.2. The van der Waals surface area contributed by atoms with Crippen LogP contribution in [0.2, 0.25) is 0 Å². The molecule has 0 heterocycles. The molecule has 1 saturated carbocycles. The van der Waals surface area contributed by atoms with Crippen LogP contribution in [-0.4, -0.2) is 54.8 Å². The number of aliphatic imine (C=N–C) groups is 1. The van der Waals surface area contributed by atoms with E-state index in [1.54, 1.807) is 0 Å². The van der Waals surface area contributed by atoms with Crippen LogP contribution in [0.3, 0.4) is 0 Å². The van der Waals surface area contributed by atoms with Gasteiger partial charge in [-0.25, -0.2) is 4.79 Å². The van der Waals surface area contributed by atoms with E-state index in [1.165, 1.54) is 0 Å². The van der Waals surface area contributed by atoms with Crippen molar-refractivity contribution in [3.63, 3.8) is 0 Å². The second kappa shape index (κ2) is 11.0. The highest BCUT2D eigenvalue weighted by Gasteiger charge is 2.34. The van der Waals surface area contributed by atoms with Gasteiger partial charge in [-0.2, -0.15) is 0 Å². The lowest BCUT2D eigenvalue weighted by Gasteiger charge is -2.27. The predicted molar refractivity (Wildman–Crippen MR) is 110 cm³/mol. The fourth-order valence-corrected chi connectivity index (χ4v) is 2.04. The molecule has 1 amide bonds. The molecule has 0 atom stereocenters. The van der Waals surface area contributed by atoms with Crippen molar-refractivity contribution in [2.24, 2.45) is 10.9 Å². The normalized spacial score (nSPS) is 14.9. The molecule has 7 heteroatoms. The number of nitrogens with one attached hydrogen (secondary N) is 2. The molecule has 24 heavy (non-hydrogen) atoms. The lowest BCUT2D eigenvalue weighted by molar-refractivity contribution is 0.0238. The topological polar surface area (TPSA) is 66.0 Å². The Balaban J connectivity index is 0.00000529. The smallest absolute Gasteiger partial charge is 0.410 e. The van der Waals surface area contributed by atoms with E-state index in [2.05, 4.69) is 29.5 Å². The van der Waals surface area contributed by atoms with Crippen LogP contribution in [0.1, 0.15) is 54.4 Å². The summed E-state index contributed by atoms with van der Waals surface area (Å²) < 4.78 is 5.50. The van der Waals surface area contributed by atoms with Crippen molar-refractivity contribution in [3.05, 3.63) is 0 Å². The zero-order valence-corrected chi connectivity index (χ0v) is 18.3. The summed E-state index contributed by atoms with van der Waals surface area (Å²) in [7, 11) is 0. The minimum Gasteiger partial charge on any atom is -0.444 e. The quantitative estimate of drug-likeness (QED) is 0.352. The fraction of sp³-hybridized carbons (Fsp3) is 0.882. The monoisotopic (exact) mass is 454 g/mol. The number of halogens is 1. The maximum Gasteiger partial charge on any atom is 0.410 e. The summed E-state index contributed by atoms with van der Waals surface area (Å²) >= 11 is 0. The number of ether oxygens (including phenoxy) is 1. The van der Waals surface area contributed by atoms with E-state index in [0.29, 0.717) is 25.0 Å². The highest BCUT2D eigenvalue weighted by Crippen LogP contribution is 2.27. The minimum atomic E-state index is -0.453. The first-order valence-corrected chi connectivity index (χ1v) is 8.74. The lowest BCUT2D eigenvalue weighted by atomic mass is 10.2. The van der Waals surface area contributed by atoms with Gasteiger partial charge in [-0.15, -0.1) is 24.0 Å². The van der Waals surface area contributed by atoms with Gasteiger partial charge in [0.15, 0.2) is 5.96 Å². The van der Waals surface area contributed by atoms with Crippen LogP contribution in [0.15, 0.2) is 4.99 Å². The molecule has 1 fully saturated rings. The molecule has 0 unspecified atom stereocenters. The molecule has 1 aliphatic rings. The molecule has 6 nitrogen and oxygen atoms in total. The standard InChI is InChI=1S/C17H34N4O2.HI/c1-7-18-15(20-12-13(2)3)19-10-11-21(14-8-9-14)16(22)23-17(4,5)6;/h13-14H,7-12H2,1-6H3,(H2,18,19,20);1H. The number of nitrogens with zero attached hydrogens (tertiary/aromatic N) is 2. The molecule has 0 bridgehead atoms. The molecular weight excluding hydrogens is 419 g/mol. The molecule has 0 saturated heterocycles. The van der Waals surface area contributed by atoms with Crippen molar-refractivity contribution >= 4 is 36.0 Å². The van der Waals surface area contributed by atoms with Gasteiger partial charge in [0.05, 0.1) is 0 Å². The van der Waals surface area contributed by atoms with Gasteiger partial charge in [-0.1, -0.05) is 13.8 Å². The van der Waals surface area contributed by atoms with Gasteiger partial charge >= 0.3 is 6.09 Å². The molecule has 0 aromatic carbocycles. The van der Waals surface area contributed by atoms with Crippen LogP contribution in [0.4, 0.5) is 4.79 Å². The van der Waals surface area contributed by atoms with E-state index < -0.39 is 5.60 Å². The molecule has 1 aliphatic carbocycles. The van der Waals surface area contributed by atoms with E-state index in [4.69, 9.17) is 4.74 Å². The van der Waals surface area contributed by atoms with Crippen molar-refractivity contribution in [1.82, 2.24) is 15.5 Å². The SMILES string of the molecule is CCNC(=NCC(C)C)NCCN(C(=O)OC(C)(C)C)C1CC1.I. The molecular formula is C17H35IN4O2. The third-order valence-corrected chi connectivity index (χ3v) is 3.22. The van der Waals surface area contributed by atoms with Crippen LogP contribution < -0.4 is 10.6 Å². The van der Waals surface area contributed by atoms with Crippen LogP contribution in [0.25, 0.3) is 0 Å². The van der Waals surface area contributed by atoms with Gasteiger partial charge in [-0.3, -0.25) is 4.99 Å². The summed E-state index contributed by atoms with van der Waals surface area (Å²) in [4.78, 5) is 18.7. The minimum absolute atomic E-state index is 0. The third-order valence-electron chi connectivity index (χ3n) is 3.22. The Kier molecular flexibility index (Phi) is 10.7. The zero-order valence-electron chi connectivity index (χ0n) is 16.0. The summed E-state index contributed by atoms with van der Waals surface area (Å²) in [5.41, 5.74) is -0.453. The van der Waals surface area contributed by atoms with Crippen molar-refractivity contribution in [2.75, 3.05) is 26.2 Å². The van der Waals surface area contributed by atoms with Gasteiger partial charge in [-0.05, 0) is 46.5 Å². The number of hydrogen-bond donors (Lipinski definition) is 2. The van der Waals surface area contributed by atoms with E-state index in [-0.39, 0.29) is 30.1 Å². The molecule has 0 aromatic heterocycles. The Morgan fingerprint density at radius 2 is 1.92 bits per heavy atom. The molecule has 0 radical (unpaired) electrons. The van der Waals surface area contributed by atoms with E-state index in [0.717, 1.165) is 31.9 Å². The highest BCUT2D eigenvalue weighted by atomic mass is 127.